The van der Waals surface area contributed by atoms with Crippen LogP contribution in [0.5, 0.6) is 0 Å². The number of ether oxygens (including phenoxy) is 2. The molecule has 1 unspecified atom stereocenters. The number of hydrogen-bond acceptors (Lipinski definition) is 8. The standard InChI is InChI=1S/C24H33N7O4/c1-15(23(32)28-17-9-10-19(17)34-4)22-29-20(13-21(25-2)31(22)26-3)27-18-8-5-11-30(24(18)33)16-7-6-12-35-14-16/h5,8,11,13,16-17,19,27,29H,3,6-7,9-10,12,14H2,1-2,4H3,(H,28,32)/b22-15+,25-21?/t16-,17?,19-/m1/s1. The number of rotatable bonds is 7. The smallest absolute Gasteiger partial charge is 0.274 e. The van der Waals surface area contributed by atoms with E-state index in [1.807, 2.05) is 6.07 Å². The number of aromatic nitrogens is 1. The van der Waals surface area contributed by atoms with Crippen LogP contribution in [0.1, 0.15) is 38.6 Å². The van der Waals surface area contributed by atoms with E-state index in [1.165, 1.54) is 5.01 Å². The fourth-order valence-electron chi connectivity index (χ4n) is 4.43. The first kappa shape index (κ1) is 24.7. The number of anilines is 1. The molecule has 0 spiro atoms. The van der Waals surface area contributed by atoms with Gasteiger partial charge in [-0.05, 0) is 44.7 Å². The van der Waals surface area contributed by atoms with Crippen LogP contribution in [0.2, 0.25) is 0 Å². The lowest BCUT2D eigenvalue weighted by Gasteiger charge is -2.36. The van der Waals surface area contributed by atoms with Gasteiger partial charge in [0.15, 0.2) is 5.84 Å². The number of methoxy groups -OCH3 is 1. The van der Waals surface area contributed by atoms with Crippen molar-refractivity contribution in [3.05, 3.63) is 52.0 Å². The van der Waals surface area contributed by atoms with Crippen LogP contribution in [0.15, 0.2) is 56.5 Å². The average Bonchev–Trinajstić information content (AvgIpc) is 2.87. The third-order valence-electron chi connectivity index (χ3n) is 6.63. The molecule has 1 saturated heterocycles. The van der Waals surface area contributed by atoms with Gasteiger partial charge in [0.1, 0.15) is 17.3 Å². The van der Waals surface area contributed by atoms with Crippen molar-refractivity contribution in [3.8, 4) is 0 Å². The lowest BCUT2D eigenvalue weighted by Crippen LogP contribution is -2.52. The normalized spacial score (nSPS) is 26.8. The zero-order chi connectivity index (χ0) is 24.9. The highest BCUT2D eigenvalue weighted by atomic mass is 16.5. The van der Waals surface area contributed by atoms with Crippen molar-refractivity contribution in [3.63, 3.8) is 0 Å². The Balaban J connectivity index is 1.59. The van der Waals surface area contributed by atoms with Crippen molar-refractivity contribution in [2.24, 2.45) is 10.1 Å². The topological polar surface area (TPSA) is 122 Å². The second-order valence-corrected chi connectivity index (χ2v) is 8.75. The molecule has 1 aromatic rings. The predicted molar refractivity (Wildman–Crippen MR) is 134 cm³/mol. The SMILES string of the molecule is C=NN1C(=NC)C=C(Nc2cccn([C@@H]3CCCOC3)c2=O)N/C1=C(/C)C(=O)NC1CC[C@H]1OC. The third-order valence-corrected chi connectivity index (χ3v) is 6.63. The summed E-state index contributed by atoms with van der Waals surface area (Å²) in [5, 5.41) is 14.9. The quantitative estimate of drug-likeness (QED) is 0.397. The Bertz CT molecular complexity index is 1120. The lowest BCUT2D eigenvalue weighted by atomic mass is 9.89. The van der Waals surface area contributed by atoms with Gasteiger partial charge in [-0.3, -0.25) is 14.6 Å². The summed E-state index contributed by atoms with van der Waals surface area (Å²) in [6.45, 7) is 6.57. The highest BCUT2D eigenvalue weighted by molar-refractivity contribution is 5.99. The summed E-state index contributed by atoms with van der Waals surface area (Å²) in [6, 6.07) is 3.52. The molecule has 0 bridgehead atoms. The molecule has 11 heteroatoms. The summed E-state index contributed by atoms with van der Waals surface area (Å²) in [5.74, 6) is 1.09. The van der Waals surface area contributed by atoms with Crippen LogP contribution in [-0.4, -0.2) is 67.6 Å². The van der Waals surface area contributed by atoms with E-state index >= 15 is 0 Å². The van der Waals surface area contributed by atoms with Gasteiger partial charge < -0.3 is 30.0 Å². The summed E-state index contributed by atoms with van der Waals surface area (Å²) >= 11 is 0. The number of hydrogen-bond donors (Lipinski definition) is 3. The number of aliphatic imine (C=N–C) groups is 1. The minimum absolute atomic E-state index is 0.00310. The molecule has 3 aliphatic rings. The Morgan fingerprint density at radius 1 is 1.34 bits per heavy atom. The Hall–Kier alpha value is -3.44. The van der Waals surface area contributed by atoms with E-state index in [-0.39, 0.29) is 29.7 Å². The van der Waals surface area contributed by atoms with Gasteiger partial charge in [-0.1, -0.05) is 0 Å². The van der Waals surface area contributed by atoms with Crippen molar-refractivity contribution in [2.75, 3.05) is 32.7 Å². The van der Waals surface area contributed by atoms with Gasteiger partial charge in [0.05, 0.1) is 30.4 Å². The van der Waals surface area contributed by atoms with Crippen LogP contribution in [-0.2, 0) is 14.3 Å². The number of carbonyl (C=O) groups is 1. The molecule has 2 fully saturated rings. The van der Waals surface area contributed by atoms with Crippen LogP contribution in [0.25, 0.3) is 0 Å². The molecule has 4 rings (SSSR count). The van der Waals surface area contributed by atoms with Gasteiger partial charge in [0.2, 0.25) is 0 Å². The van der Waals surface area contributed by atoms with Crippen LogP contribution in [0.4, 0.5) is 5.69 Å². The molecule has 11 nitrogen and oxygen atoms in total. The van der Waals surface area contributed by atoms with E-state index in [1.54, 1.807) is 44.0 Å². The number of amidine groups is 1. The molecule has 3 atom stereocenters. The van der Waals surface area contributed by atoms with Gasteiger partial charge in [-0.25, -0.2) is 0 Å². The van der Waals surface area contributed by atoms with Gasteiger partial charge >= 0.3 is 0 Å². The zero-order valence-electron chi connectivity index (χ0n) is 20.4. The highest BCUT2D eigenvalue weighted by Crippen LogP contribution is 2.24. The van der Waals surface area contributed by atoms with E-state index < -0.39 is 0 Å². The molecule has 3 N–H and O–H groups in total. The van der Waals surface area contributed by atoms with Crippen molar-refractivity contribution in [1.82, 2.24) is 20.2 Å². The molecule has 0 aromatic carbocycles. The number of hydrazone groups is 1. The third kappa shape index (κ3) is 5.15. The minimum Gasteiger partial charge on any atom is -0.379 e. The molecule has 1 saturated carbocycles. The maximum absolute atomic E-state index is 13.2. The predicted octanol–water partition coefficient (Wildman–Crippen LogP) is 1.53. The summed E-state index contributed by atoms with van der Waals surface area (Å²) < 4.78 is 12.6. The molecule has 188 valence electrons. The van der Waals surface area contributed by atoms with E-state index in [0.29, 0.717) is 35.3 Å². The summed E-state index contributed by atoms with van der Waals surface area (Å²) in [6.07, 6.45) is 7.10. The van der Waals surface area contributed by atoms with Gasteiger partial charge in [0.25, 0.3) is 11.5 Å². The Labute approximate surface area is 204 Å². The highest BCUT2D eigenvalue weighted by Gasteiger charge is 2.33. The largest absolute Gasteiger partial charge is 0.379 e. The molecule has 35 heavy (non-hydrogen) atoms. The first-order valence-corrected chi connectivity index (χ1v) is 11.8. The second-order valence-electron chi connectivity index (χ2n) is 8.75. The maximum atomic E-state index is 13.2. The van der Waals surface area contributed by atoms with Gasteiger partial charge in [0, 0.05) is 39.8 Å². The van der Waals surface area contributed by atoms with Crippen LogP contribution in [0.3, 0.4) is 0 Å². The molecule has 1 aliphatic carbocycles. The van der Waals surface area contributed by atoms with Gasteiger partial charge in [-0.2, -0.15) is 10.1 Å². The zero-order valence-corrected chi connectivity index (χ0v) is 20.4. The first-order valence-electron chi connectivity index (χ1n) is 11.8. The van der Waals surface area contributed by atoms with Gasteiger partial charge in [-0.15, -0.1) is 0 Å². The lowest BCUT2D eigenvalue weighted by molar-refractivity contribution is -0.120. The number of nitrogens with zero attached hydrogens (tertiary/aromatic N) is 4. The average molecular weight is 484 g/mol. The molecular weight excluding hydrogens is 450 g/mol. The summed E-state index contributed by atoms with van der Waals surface area (Å²) in [4.78, 5) is 30.5. The van der Waals surface area contributed by atoms with Crippen molar-refractivity contribution in [2.45, 2.75) is 50.8 Å². The summed E-state index contributed by atoms with van der Waals surface area (Å²) in [5.41, 5.74) is 0.643. The number of amides is 1. The fraction of sp³-hybridized carbons (Fsp3) is 0.500. The molecule has 3 heterocycles. The Kier molecular flexibility index (Phi) is 7.67. The molecular formula is C24H33N7O4. The number of pyridine rings is 1. The first-order chi connectivity index (χ1) is 17.0. The van der Waals surface area contributed by atoms with Crippen LogP contribution < -0.4 is 21.5 Å². The monoisotopic (exact) mass is 483 g/mol. The fourth-order valence-corrected chi connectivity index (χ4v) is 4.43. The van der Waals surface area contributed by atoms with Crippen molar-refractivity contribution in [1.29, 1.82) is 0 Å². The van der Waals surface area contributed by atoms with E-state index in [9.17, 15) is 9.59 Å². The number of nitrogens with one attached hydrogen (secondary N) is 3. The minimum atomic E-state index is -0.246. The summed E-state index contributed by atoms with van der Waals surface area (Å²) in [7, 11) is 3.27. The van der Waals surface area contributed by atoms with Crippen molar-refractivity contribution >= 4 is 24.1 Å². The van der Waals surface area contributed by atoms with Crippen molar-refractivity contribution < 1.29 is 14.3 Å². The van der Waals surface area contributed by atoms with E-state index in [0.717, 1.165) is 32.3 Å². The number of carbonyl (C=O) groups excluding carboxylic acids is 1. The maximum Gasteiger partial charge on any atom is 0.274 e. The van der Waals surface area contributed by atoms with Crippen LogP contribution in [0, 0.1) is 0 Å². The second kappa shape index (κ2) is 10.9. The van der Waals surface area contributed by atoms with Crippen LogP contribution >= 0.6 is 0 Å². The Morgan fingerprint density at radius 2 is 2.17 bits per heavy atom. The Morgan fingerprint density at radius 3 is 2.80 bits per heavy atom. The molecule has 0 radical (unpaired) electrons. The molecule has 2 aliphatic heterocycles. The van der Waals surface area contributed by atoms with E-state index in [2.05, 4.69) is 32.8 Å². The van der Waals surface area contributed by atoms with E-state index in [4.69, 9.17) is 9.47 Å². The molecule has 1 amide bonds. The molecule has 1 aromatic heterocycles.